The van der Waals surface area contributed by atoms with Crippen LogP contribution < -0.4 is 14.8 Å². The van der Waals surface area contributed by atoms with Crippen LogP contribution in [0.25, 0.3) is 6.08 Å². The molecule has 0 heterocycles. The summed E-state index contributed by atoms with van der Waals surface area (Å²) in [6, 6.07) is 16.8. The molecule has 0 bridgehead atoms. The summed E-state index contributed by atoms with van der Waals surface area (Å²) in [4.78, 5) is 12.7. The number of carbonyl (C=O) groups is 1. The molecule has 0 aromatic heterocycles. The van der Waals surface area contributed by atoms with E-state index in [1.807, 2.05) is 6.07 Å². The molecule has 0 radical (unpaired) electrons. The SMILES string of the molecule is COc1cc(/C=C(/C#N)C(=O)Nc2cccc(Cl)c2C)cc(I)c1OCc1ccccc1F. The molecular weight excluding hydrogens is 558 g/mol. The molecule has 3 rings (SSSR count). The van der Waals surface area contributed by atoms with Gasteiger partial charge in [0.25, 0.3) is 5.91 Å². The van der Waals surface area contributed by atoms with Crippen molar-refractivity contribution in [2.75, 3.05) is 12.4 Å². The first-order chi connectivity index (χ1) is 15.8. The smallest absolute Gasteiger partial charge is 0.266 e. The maximum atomic E-state index is 13.9. The average molecular weight is 577 g/mol. The zero-order chi connectivity index (χ0) is 24.0. The van der Waals surface area contributed by atoms with Gasteiger partial charge >= 0.3 is 0 Å². The Kier molecular flexibility index (Phi) is 8.31. The number of halogens is 3. The number of carbonyl (C=O) groups excluding carboxylic acids is 1. The molecule has 0 spiro atoms. The van der Waals surface area contributed by atoms with Gasteiger partial charge in [-0.2, -0.15) is 5.26 Å². The standard InChI is InChI=1S/C25H19ClFIN2O3/c1-15-19(26)7-5-9-22(15)30-25(31)18(13-29)10-16-11-21(28)24(23(12-16)32-2)33-14-17-6-3-4-8-20(17)27/h3-12H,14H2,1-2H3,(H,30,31)/b18-10-. The normalized spacial score (nSPS) is 11.0. The van der Waals surface area contributed by atoms with E-state index in [9.17, 15) is 14.4 Å². The summed E-state index contributed by atoms with van der Waals surface area (Å²) in [5.74, 6) is -0.0775. The van der Waals surface area contributed by atoms with Gasteiger partial charge in [0.2, 0.25) is 0 Å². The minimum atomic E-state index is -0.559. The molecule has 168 valence electrons. The van der Waals surface area contributed by atoms with E-state index in [0.717, 1.165) is 0 Å². The molecule has 3 aromatic carbocycles. The second-order valence-corrected chi connectivity index (χ2v) is 8.52. The van der Waals surface area contributed by atoms with Gasteiger partial charge in [-0.15, -0.1) is 0 Å². The number of hydrogen-bond acceptors (Lipinski definition) is 4. The van der Waals surface area contributed by atoms with Gasteiger partial charge in [0.05, 0.1) is 10.7 Å². The van der Waals surface area contributed by atoms with Crippen LogP contribution in [0.4, 0.5) is 10.1 Å². The quantitative estimate of drug-likeness (QED) is 0.197. The van der Waals surface area contributed by atoms with E-state index in [-0.39, 0.29) is 18.0 Å². The number of nitrogens with zero attached hydrogens (tertiary/aromatic N) is 1. The van der Waals surface area contributed by atoms with Gasteiger partial charge in [0.15, 0.2) is 11.5 Å². The third-order valence-corrected chi connectivity index (χ3v) is 5.98. The number of nitrogens with one attached hydrogen (secondary N) is 1. The van der Waals surface area contributed by atoms with Crippen LogP contribution in [0.3, 0.4) is 0 Å². The van der Waals surface area contributed by atoms with Gasteiger partial charge in [-0.1, -0.05) is 35.9 Å². The van der Waals surface area contributed by atoms with Gasteiger partial charge in [-0.3, -0.25) is 4.79 Å². The zero-order valence-electron chi connectivity index (χ0n) is 17.8. The van der Waals surface area contributed by atoms with Crippen molar-refractivity contribution in [3.8, 4) is 17.6 Å². The molecule has 0 atom stereocenters. The van der Waals surface area contributed by atoms with E-state index >= 15 is 0 Å². The first-order valence-corrected chi connectivity index (χ1v) is 11.2. The van der Waals surface area contributed by atoms with Crippen molar-refractivity contribution < 1.29 is 18.7 Å². The van der Waals surface area contributed by atoms with E-state index in [2.05, 4.69) is 27.9 Å². The Balaban J connectivity index is 1.85. The predicted molar refractivity (Wildman–Crippen MR) is 135 cm³/mol. The summed E-state index contributed by atoms with van der Waals surface area (Å²) in [6.45, 7) is 1.81. The highest BCUT2D eigenvalue weighted by molar-refractivity contribution is 14.1. The number of benzene rings is 3. The van der Waals surface area contributed by atoms with Crippen LogP contribution in [-0.2, 0) is 11.4 Å². The highest BCUT2D eigenvalue weighted by atomic mass is 127. The van der Waals surface area contributed by atoms with E-state index in [1.54, 1.807) is 55.5 Å². The fourth-order valence-electron chi connectivity index (χ4n) is 2.98. The Bertz CT molecular complexity index is 1270. The van der Waals surface area contributed by atoms with Gasteiger partial charge < -0.3 is 14.8 Å². The Labute approximate surface area is 209 Å². The first kappa shape index (κ1) is 24.6. The van der Waals surface area contributed by atoms with Crippen LogP contribution in [0, 0.1) is 27.6 Å². The van der Waals surface area contributed by atoms with Crippen LogP contribution in [0.1, 0.15) is 16.7 Å². The van der Waals surface area contributed by atoms with Crippen molar-refractivity contribution in [1.82, 2.24) is 0 Å². The van der Waals surface area contributed by atoms with Crippen molar-refractivity contribution in [1.29, 1.82) is 5.26 Å². The van der Waals surface area contributed by atoms with Crippen molar-refractivity contribution in [3.05, 3.63) is 91.3 Å². The Morgan fingerprint density at radius 2 is 2.00 bits per heavy atom. The maximum absolute atomic E-state index is 13.9. The second-order valence-electron chi connectivity index (χ2n) is 6.95. The highest BCUT2D eigenvalue weighted by Crippen LogP contribution is 2.35. The molecule has 0 saturated heterocycles. The fourth-order valence-corrected chi connectivity index (χ4v) is 3.93. The number of hydrogen-bond donors (Lipinski definition) is 1. The van der Waals surface area contributed by atoms with Crippen LogP contribution in [0.15, 0.2) is 60.2 Å². The molecule has 1 N–H and O–H groups in total. The van der Waals surface area contributed by atoms with E-state index in [0.29, 0.717) is 42.5 Å². The highest BCUT2D eigenvalue weighted by Gasteiger charge is 2.15. The summed E-state index contributed by atoms with van der Waals surface area (Å²) < 4.78 is 25.8. The molecule has 33 heavy (non-hydrogen) atoms. The molecule has 0 unspecified atom stereocenters. The van der Waals surface area contributed by atoms with Crippen molar-refractivity contribution in [2.24, 2.45) is 0 Å². The number of amides is 1. The molecule has 0 saturated carbocycles. The minimum absolute atomic E-state index is 0.0268. The summed E-state index contributed by atoms with van der Waals surface area (Å²) in [6.07, 6.45) is 1.46. The zero-order valence-corrected chi connectivity index (χ0v) is 20.7. The minimum Gasteiger partial charge on any atom is -0.493 e. The summed E-state index contributed by atoms with van der Waals surface area (Å²) in [5.41, 5.74) is 2.13. The topological polar surface area (TPSA) is 71.3 Å². The number of nitriles is 1. The third kappa shape index (κ3) is 6.03. The lowest BCUT2D eigenvalue weighted by Gasteiger charge is -2.14. The molecule has 0 fully saturated rings. The largest absolute Gasteiger partial charge is 0.493 e. The molecule has 0 aliphatic carbocycles. The van der Waals surface area contributed by atoms with Crippen LogP contribution in [0.5, 0.6) is 11.5 Å². The van der Waals surface area contributed by atoms with Gasteiger partial charge in [-0.05, 0) is 77.0 Å². The lowest BCUT2D eigenvalue weighted by atomic mass is 10.1. The molecule has 3 aromatic rings. The Morgan fingerprint density at radius 3 is 2.70 bits per heavy atom. The van der Waals surface area contributed by atoms with Crippen molar-refractivity contribution >= 4 is 51.9 Å². The predicted octanol–water partition coefficient (Wildman–Crippen LogP) is 6.53. The molecule has 0 aliphatic rings. The maximum Gasteiger partial charge on any atom is 0.266 e. The molecule has 1 amide bonds. The van der Waals surface area contributed by atoms with Gasteiger partial charge in [0.1, 0.15) is 24.1 Å². The van der Waals surface area contributed by atoms with Crippen LogP contribution >= 0.6 is 34.2 Å². The molecular formula is C25H19ClFIN2O3. The second kappa shape index (κ2) is 11.2. The lowest BCUT2D eigenvalue weighted by Crippen LogP contribution is -2.14. The molecule has 8 heteroatoms. The summed E-state index contributed by atoms with van der Waals surface area (Å²) in [7, 11) is 1.48. The molecule has 0 aliphatic heterocycles. The van der Waals surface area contributed by atoms with Gasteiger partial charge in [0, 0.05) is 16.3 Å². The van der Waals surface area contributed by atoms with E-state index in [1.165, 1.54) is 19.3 Å². The number of rotatable bonds is 7. The monoisotopic (exact) mass is 576 g/mol. The Hall–Kier alpha value is -3.09. The lowest BCUT2D eigenvalue weighted by molar-refractivity contribution is -0.112. The summed E-state index contributed by atoms with van der Waals surface area (Å²) >= 11 is 8.16. The third-order valence-electron chi connectivity index (χ3n) is 4.77. The summed E-state index contributed by atoms with van der Waals surface area (Å²) in [5, 5.41) is 12.8. The van der Waals surface area contributed by atoms with Gasteiger partial charge in [-0.25, -0.2) is 4.39 Å². The number of ether oxygens (including phenoxy) is 2. The Morgan fingerprint density at radius 1 is 1.24 bits per heavy atom. The number of methoxy groups -OCH3 is 1. The van der Waals surface area contributed by atoms with Crippen molar-refractivity contribution in [3.63, 3.8) is 0 Å². The first-order valence-electron chi connectivity index (χ1n) is 9.76. The van der Waals surface area contributed by atoms with E-state index < -0.39 is 5.91 Å². The number of anilines is 1. The van der Waals surface area contributed by atoms with Crippen LogP contribution in [0.2, 0.25) is 5.02 Å². The van der Waals surface area contributed by atoms with E-state index in [4.69, 9.17) is 21.1 Å². The van der Waals surface area contributed by atoms with Crippen molar-refractivity contribution in [2.45, 2.75) is 13.5 Å². The average Bonchev–Trinajstić information content (AvgIpc) is 2.80. The van der Waals surface area contributed by atoms with Crippen LogP contribution in [-0.4, -0.2) is 13.0 Å². The fraction of sp³-hybridized carbons (Fsp3) is 0.120. The molecule has 5 nitrogen and oxygen atoms in total.